The second-order valence-electron chi connectivity index (χ2n) is 7.17. The van der Waals surface area contributed by atoms with Gasteiger partial charge in [0.05, 0.1) is 11.8 Å². The molecule has 7 nitrogen and oxygen atoms in total. The van der Waals surface area contributed by atoms with E-state index >= 15 is 0 Å². The Morgan fingerprint density at radius 3 is 2.46 bits per heavy atom. The molecule has 0 atom stereocenters. The summed E-state index contributed by atoms with van der Waals surface area (Å²) in [5.74, 6) is -2.15. The molecule has 35 heavy (non-hydrogen) atoms. The van der Waals surface area contributed by atoms with E-state index in [4.69, 9.17) is 8.94 Å². The van der Waals surface area contributed by atoms with Crippen LogP contribution in [-0.4, -0.2) is 25.1 Å². The van der Waals surface area contributed by atoms with Gasteiger partial charge in [0.25, 0.3) is 5.89 Å². The molecule has 4 rings (SSSR count). The van der Waals surface area contributed by atoms with E-state index in [1.807, 2.05) is 22.6 Å². The van der Waals surface area contributed by atoms with Gasteiger partial charge < -0.3 is 8.94 Å². The Bertz CT molecular complexity index is 1460. The average molecular weight is 603 g/mol. The summed E-state index contributed by atoms with van der Waals surface area (Å²) in [5, 5.41) is 15.2. The third-order valence-electron chi connectivity index (χ3n) is 4.87. The van der Waals surface area contributed by atoms with Crippen LogP contribution < -0.4 is 0 Å². The van der Waals surface area contributed by atoms with Crippen molar-refractivity contribution >= 4 is 28.2 Å². The van der Waals surface area contributed by atoms with E-state index in [2.05, 4.69) is 20.5 Å². The van der Waals surface area contributed by atoms with Gasteiger partial charge >= 0.3 is 6.18 Å². The minimum atomic E-state index is -4.99. The Labute approximate surface area is 208 Å². The van der Waals surface area contributed by atoms with Gasteiger partial charge in [-0.05, 0) is 48.6 Å². The quantitative estimate of drug-likeness (QED) is 0.138. The first kappa shape index (κ1) is 24.8. The van der Waals surface area contributed by atoms with Crippen LogP contribution in [0.15, 0.2) is 54.9 Å². The lowest BCUT2D eigenvalue weighted by Crippen LogP contribution is -2.15. The molecule has 0 spiro atoms. The number of aromatic nitrogens is 5. The summed E-state index contributed by atoms with van der Waals surface area (Å²) in [6, 6.07) is 4.87. The fraction of sp³-hybridized carbons (Fsp3) is 0.182. The largest absolute Gasteiger partial charge is 0.434 e. The molecule has 0 N–H and O–H groups in total. The highest BCUT2D eigenvalue weighted by molar-refractivity contribution is 14.1. The number of alkyl halides is 3. The van der Waals surface area contributed by atoms with Gasteiger partial charge in [-0.15, -0.1) is 10.2 Å². The molecule has 0 saturated heterocycles. The van der Waals surface area contributed by atoms with Crippen molar-refractivity contribution in [1.82, 2.24) is 25.1 Å². The van der Waals surface area contributed by atoms with Gasteiger partial charge in [0.2, 0.25) is 5.89 Å². The third-order valence-corrected chi connectivity index (χ3v) is 6.03. The number of halogens is 6. The second kappa shape index (κ2) is 9.36. The summed E-state index contributed by atoms with van der Waals surface area (Å²) in [6.07, 6.45) is -2.54. The van der Waals surface area contributed by atoms with Crippen LogP contribution in [0.25, 0.3) is 34.0 Å². The van der Waals surface area contributed by atoms with Gasteiger partial charge in [-0.1, -0.05) is 23.4 Å². The van der Waals surface area contributed by atoms with Crippen LogP contribution in [0.3, 0.4) is 0 Å². The van der Waals surface area contributed by atoms with Crippen molar-refractivity contribution < 1.29 is 30.9 Å². The van der Waals surface area contributed by atoms with Crippen molar-refractivity contribution in [1.29, 1.82) is 0 Å². The highest BCUT2D eigenvalue weighted by atomic mass is 127. The van der Waals surface area contributed by atoms with Crippen LogP contribution in [0, 0.1) is 12.7 Å². The van der Waals surface area contributed by atoms with Gasteiger partial charge in [0.15, 0.2) is 11.5 Å². The Hall–Kier alpha value is -3.36. The van der Waals surface area contributed by atoms with Crippen LogP contribution in [0.2, 0.25) is 0 Å². The SMILES string of the molecule is C/C=C(I)\C(=C(/C)F)c1noc(-c2cnn(-c3ccccc3F)c2C(F)(F)F)c1-c1nnc(C)o1. The van der Waals surface area contributed by atoms with Crippen LogP contribution in [0.4, 0.5) is 22.0 Å². The predicted octanol–water partition coefficient (Wildman–Crippen LogP) is 7.08. The zero-order valence-electron chi connectivity index (χ0n) is 18.3. The lowest BCUT2D eigenvalue weighted by molar-refractivity contribution is -0.142. The number of hydrogen-bond acceptors (Lipinski definition) is 6. The van der Waals surface area contributed by atoms with E-state index < -0.39 is 40.5 Å². The van der Waals surface area contributed by atoms with Gasteiger partial charge in [0.1, 0.15) is 28.6 Å². The number of para-hydroxylation sites is 1. The minimum Gasteiger partial charge on any atom is -0.421 e. The van der Waals surface area contributed by atoms with Crippen LogP contribution >= 0.6 is 22.6 Å². The summed E-state index contributed by atoms with van der Waals surface area (Å²) in [7, 11) is 0. The molecular weight excluding hydrogens is 588 g/mol. The first-order valence-corrected chi connectivity index (χ1v) is 11.0. The first-order chi connectivity index (χ1) is 16.5. The molecule has 1 aromatic carbocycles. The summed E-state index contributed by atoms with van der Waals surface area (Å²) in [5.41, 5.74) is -2.65. The smallest absolute Gasteiger partial charge is 0.421 e. The molecule has 13 heteroatoms. The molecule has 0 amide bonds. The number of hydrogen-bond donors (Lipinski definition) is 0. The lowest BCUT2D eigenvalue weighted by atomic mass is 10.0. The maximum absolute atomic E-state index is 14.6. The standard InChI is InChI=1S/C22H15F5IN5O2/c1-4-14(28)16(10(2)23)18-17(21-31-30-11(3)34-21)19(35-32-18)12-9-29-33(20(12)22(25,26)27)15-8-6-5-7-13(15)24/h4-9H,1-3H3/b14-4+,16-10-. The van der Waals surface area contributed by atoms with E-state index in [9.17, 15) is 22.0 Å². The van der Waals surface area contributed by atoms with Gasteiger partial charge in [-0.2, -0.15) is 18.3 Å². The minimum absolute atomic E-state index is 0.0241. The summed E-state index contributed by atoms with van der Waals surface area (Å²) in [6.45, 7) is 4.31. The van der Waals surface area contributed by atoms with Crippen molar-refractivity contribution in [3.05, 3.63) is 69.0 Å². The molecule has 0 saturated carbocycles. The fourth-order valence-corrected chi connectivity index (χ4v) is 4.05. The van der Waals surface area contributed by atoms with Crippen molar-refractivity contribution in [2.24, 2.45) is 0 Å². The lowest BCUT2D eigenvalue weighted by Gasteiger charge is -2.12. The van der Waals surface area contributed by atoms with Crippen molar-refractivity contribution in [3.63, 3.8) is 0 Å². The van der Waals surface area contributed by atoms with Gasteiger partial charge in [-0.3, -0.25) is 0 Å². The Morgan fingerprint density at radius 2 is 1.89 bits per heavy atom. The zero-order chi connectivity index (χ0) is 25.5. The molecule has 3 aromatic heterocycles. The number of rotatable bonds is 5. The van der Waals surface area contributed by atoms with E-state index in [0.29, 0.717) is 8.26 Å². The van der Waals surface area contributed by atoms with Crippen LogP contribution in [-0.2, 0) is 6.18 Å². The number of benzene rings is 1. The van der Waals surface area contributed by atoms with Crippen LogP contribution in [0.5, 0.6) is 0 Å². The molecule has 3 heterocycles. The Kier molecular flexibility index (Phi) is 6.62. The summed E-state index contributed by atoms with van der Waals surface area (Å²) < 4.78 is 83.4. The maximum atomic E-state index is 14.6. The van der Waals surface area contributed by atoms with Crippen molar-refractivity contribution in [2.75, 3.05) is 0 Å². The molecule has 0 fully saturated rings. The maximum Gasteiger partial charge on any atom is 0.434 e. The van der Waals surface area contributed by atoms with E-state index in [1.54, 1.807) is 13.0 Å². The third kappa shape index (κ3) is 4.51. The molecule has 0 unspecified atom stereocenters. The molecule has 4 aromatic rings. The molecule has 0 bridgehead atoms. The highest BCUT2D eigenvalue weighted by Gasteiger charge is 2.42. The molecule has 0 aliphatic heterocycles. The molecule has 0 aliphatic carbocycles. The first-order valence-electron chi connectivity index (χ1n) is 9.94. The van der Waals surface area contributed by atoms with Crippen molar-refractivity contribution in [2.45, 2.75) is 26.9 Å². The summed E-state index contributed by atoms with van der Waals surface area (Å²) in [4.78, 5) is 0. The number of aryl methyl sites for hydroxylation is 1. The van der Waals surface area contributed by atoms with E-state index in [-0.39, 0.29) is 28.6 Å². The van der Waals surface area contributed by atoms with E-state index in [0.717, 1.165) is 18.3 Å². The summed E-state index contributed by atoms with van der Waals surface area (Å²) >= 11 is 1.86. The predicted molar refractivity (Wildman–Crippen MR) is 124 cm³/mol. The zero-order valence-corrected chi connectivity index (χ0v) is 20.4. The number of nitrogens with zero attached hydrogens (tertiary/aromatic N) is 5. The molecule has 0 aliphatic rings. The van der Waals surface area contributed by atoms with Gasteiger partial charge in [0, 0.05) is 16.1 Å². The molecule has 182 valence electrons. The second-order valence-corrected chi connectivity index (χ2v) is 8.34. The Morgan fingerprint density at radius 1 is 1.17 bits per heavy atom. The number of allylic oxidation sites excluding steroid dienone is 4. The monoisotopic (exact) mass is 603 g/mol. The van der Waals surface area contributed by atoms with Crippen molar-refractivity contribution in [3.8, 4) is 28.5 Å². The molecular formula is C22H15F5IN5O2. The average Bonchev–Trinajstić information content (AvgIpc) is 3.51. The highest BCUT2D eigenvalue weighted by Crippen LogP contribution is 2.46. The topological polar surface area (TPSA) is 82.8 Å². The van der Waals surface area contributed by atoms with Gasteiger partial charge in [-0.25, -0.2) is 13.5 Å². The van der Waals surface area contributed by atoms with E-state index in [1.165, 1.54) is 26.0 Å². The Balaban J connectivity index is 2.07. The van der Waals surface area contributed by atoms with Crippen LogP contribution in [0.1, 0.15) is 31.1 Å². The fourth-order valence-electron chi connectivity index (χ4n) is 3.42. The normalized spacial score (nSPS) is 13.3. The molecule has 0 radical (unpaired) electrons.